The molecule has 0 aliphatic rings. The molecule has 2 rings (SSSR count). The highest BCUT2D eigenvalue weighted by molar-refractivity contribution is 7.99. The maximum Gasteiger partial charge on any atom is 0.251 e. The lowest BCUT2D eigenvalue weighted by Crippen LogP contribution is -2.12. The lowest BCUT2D eigenvalue weighted by atomic mass is 10.2. The van der Waals surface area contributed by atoms with Crippen LogP contribution in [0.1, 0.15) is 29.3 Å². The molecule has 1 unspecified atom stereocenters. The molecule has 0 amide bonds. The molecule has 0 radical (unpaired) electrons. The minimum absolute atomic E-state index is 0.0712. The van der Waals surface area contributed by atoms with E-state index >= 15 is 0 Å². The second-order valence-corrected chi connectivity index (χ2v) is 5.89. The predicted octanol–water partition coefficient (Wildman–Crippen LogP) is 2.81. The van der Waals surface area contributed by atoms with E-state index in [2.05, 4.69) is 16.0 Å². The minimum Gasteiger partial charge on any atom is -0.497 e. The van der Waals surface area contributed by atoms with E-state index in [4.69, 9.17) is 4.74 Å². The quantitative estimate of drug-likeness (QED) is 0.878. The molecule has 1 atom stereocenters. The third kappa shape index (κ3) is 3.64. The van der Waals surface area contributed by atoms with Crippen molar-refractivity contribution in [1.82, 2.24) is 9.97 Å². The summed E-state index contributed by atoms with van der Waals surface area (Å²) in [7, 11) is 1.56. The fourth-order valence-electron chi connectivity index (χ4n) is 1.87. The van der Waals surface area contributed by atoms with E-state index in [9.17, 15) is 10.1 Å². The van der Waals surface area contributed by atoms with E-state index in [1.165, 1.54) is 17.8 Å². The highest BCUT2D eigenvalue weighted by atomic mass is 32.2. The van der Waals surface area contributed by atoms with Crippen molar-refractivity contribution in [3.63, 3.8) is 0 Å². The molecule has 21 heavy (non-hydrogen) atoms. The van der Waals surface area contributed by atoms with Crippen molar-refractivity contribution in [1.29, 1.82) is 5.26 Å². The Labute approximate surface area is 127 Å². The van der Waals surface area contributed by atoms with Gasteiger partial charge in [0, 0.05) is 16.7 Å². The average Bonchev–Trinajstić information content (AvgIpc) is 2.46. The summed E-state index contributed by atoms with van der Waals surface area (Å²) >= 11 is 1.47. The van der Waals surface area contributed by atoms with Gasteiger partial charge in [-0.25, -0.2) is 4.98 Å². The van der Waals surface area contributed by atoms with E-state index in [-0.39, 0.29) is 10.8 Å². The molecule has 0 aliphatic heterocycles. The number of aromatic amines is 1. The van der Waals surface area contributed by atoms with Crippen LogP contribution in [0.25, 0.3) is 0 Å². The number of aryl methyl sites for hydroxylation is 1. The Kier molecular flexibility index (Phi) is 4.66. The SMILES string of the molecule is COc1ccc(SC(C)c2nc(C)cc(=O)[nH]2)c(C#N)c1. The number of methoxy groups -OCH3 is 1. The predicted molar refractivity (Wildman–Crippen MR) is 81.6 cm³/mol. The highest BCUT2D eigenvalue weighted by Crippen LogP contribution is 2.36. The highest BCUT2D eigenvalue weighted by Gasteiger charge is 2.14. The molecule has 0 fully saturated rings. The summed E-state index contributed by atoms with van der Waals surface area (Å²) in [6.07, 6.45) is 0. The van der Waals surface area contributed by atoms with Crippen LogP contribution >= 0.6 is 11.8 Å². The molecular formula is C15H15N3O2S. The average molecular weight is 301 g/mol. The Balaban J connectivity index is 2.29. The molecular weight excluding hydrogens is 286 g/mol. The van der Waals surface area contributed by atoms with Crippen LogP contribution in [0.2, 0.25) is 0 Å². The molecule has 0 saturated carbocycles. The molecule has 5 nitrogen and oxygen atoms in total. The van der Waals surface area contributed by atoms with E-state index in [0.717, 1.165) is 4.90 Å². The van der Waals surface area contributed by atoms with Gasteiger partial charge in [0.15, 0.2) is 0 Å². The van der Waals surface area contributed by atoms with Crippen LogP contribution < -0.4 is 10.3 Å². The number of nitrogens with one attached hydrogen (secondary N) is 1. The lowest BCUT2D eigenvalue weighted by Gasteiger charge is -2.12. The van der Waals surface area contributed by atoms with Crippen LogP contribution in [0, 0.1) is 18.3 Å². The normalized spacial score (nSPS) is 11.7. The lowest BCUT2D eigenvalue weighted by molar-refractivity contribution is 0.414. The summed E-state index contributed by atoms with van der Waals surface area (Å²) < 4.78 is 5.11. The topological polar surface area (TPSA) is 78.8 Å². The van der Waals surface area contributed by atoms with E-state index in [0.29, 0.717) is 22.8 Å². The summed E-state index contributed by atoms with van der Waals surface area (Å²) in [5.41, 5.74) is 1.05. The monoisotopic (exact) mass is 301 g/mol. The Morgan fingerprint density at radius 2 is 2.19 bits per heavy atom. The van der Waals surface area contributed by atoms with E-state index < -0.39 is 0 Å². The van der Waals surface area contributed by atoms with Gasteiger partial charge in [0.05, 0.1) is 17.9 Å². The first-order valence-electron chi connectivity index (χ1n) is 6.36. The Morgan fingerprint density at radius 1 is 1.43 bits per heavy atom. The number of H-pyrrole nitrogens is 1. The zero-order valence-corrected chi connectivity index (χ0v) is 12.8. The van der Waals surface area contributed by atoms with Crippen LogP contribution in [0.4, 0.5) is 0 Å². The van der Waals surface area contributed by atoms with Gasteiger partial charge in [-0.15, -0.1) is 11.8 Å². The molecule has 0 bridgehead atoms. The van der Waals surface area contributed by atoms with Crippen molar-refractivity contribution < 1.29 is 4.74 Å². The molecule has 1 aromatic carbocycles. The number of hydrogen-bond donors (Lipinski definition) is 1. The molecule has 6 heteroatoms. The summed E-state index contributed by atoms with van der Waals surface area (Å²) in [5, 5.41) is 9.15. The van der Waals surface area contributed by atoms with Crippen LogP contribution in [0.3, 0.4) is 0 Å². The number of benzene rings is 1. The zero-order valence-electron chi connectivity index (χ0n) is 12.0. The fraction of sp³-hybridized carbons (Fsp3) is 0.267. The van der Waals surface area contributed by atoms with Gasteiger partial charge in [0.25, 0.3) is 5.56 Å². The second kappa shape index (κ2) is 6.46. The maximum absolute atomic E-state index is 11.5. The minimum atomic E-state index is -0.166. The number of thioether (sulfide) groups is 1. The molecule has 1 aromatic heterocycles. The molecule has 0 spiro atoms. The standard InChI is InChI=1S/C15H15N3O2S/c1-9-6-14(19)18-15(17-9)10(2)21-13-5-4-12(20-3)7-11(13)8-16/h4-7,10H,1-3H3,(H,17,18,19). The van der Waals surface area contributed by atoms with Crippen molar-refractivity contribution in [3.8, 4) is 11.8 Å². The molecule has 108 valence electrons. The first kappa shape index (κ1) is 15.1. The smallest absolute Gasteiger partial charge is 0.251 e. The van der Waals surface area contributed by atoms with Crippen molar-refractivity contribution in [3.05, 3.63) is 51.7 Å². The van der Waals surface area contributed by atoms with Crippen molar-refractivity contribution in [2.75, 3.05) is 7.11 Å². The first-order chi connectivity index (χ1) is 10.0. The zero-order chi connectivity index (χ0) is 15.4. The first-order valence-corrected chi connectivity index (χ1v) is 7.24. The molecule has 0 aliphatic carbocycles. The molecule has 0 saturated heterocycles. The van der Waals surface area contributed by atoms with Crippen molar-refractivity contribution in [2.45, 2.75) is 24.0 Å². The number of hydrogen-bond acceptors (Lipinski definition) is 5. The van der Waals surface area contributed by atoms with Gasteiger partial charge in [-0.1, -0.05) is 0 Å². The van der Waals surface area contributed by atoms with Crippen LogP contribution in [0.5, 0.6) is 5.75 Å². The number of nitriles is 1. The van der Waals surface area contributed by atoms with Gasteiger partial charge < -0.3 is 9.72 Å². The van der Waals surface area contributed by atoms with Crippen LogP contribution in [-0.4, -0.2) is 17.1 Å². The number of rotatable bonds is 4. The summed E-state index contributed by atoms with van der Waals surface area (Å²) in [5.74, 6) is 1.25. The van der Waals surface area contributed by atoms with Crippen molar-refractivity contribution >= 4 is 11.8 Å². The number of ether oxygens (including phenoxy) is 1. The van der Waals surface area contributed by atoms with Gasteiger partial charge in [-0.3, -0.25) is 4.79 Å². The van der Waals surface area contributed by atoms with Crippen LogP contribution in [-0.2, 0) is 0 Å². The number of nitrogens with zero attached hydrogens (tertiary/aromatic N) is 2. The summed E-state index contributed by atoms with van der Waals surface area (Å²) in [6, 6.07) is 8.95. The molecule has 1 heterocycles. The third-order valence-corrected chi connectivity index (χ3v) is 4.07. The fourth-order valence-corrected chi connectivity index (χ4v) is 2.85. The largest absolute Gasteiger partial charge is 0.497 e. The maximum atomic E-state index is 11.5. The van der Waals surface area contributed by atoms with Crippen LogP contribution in [0.15, 0.2) is 34.0 Å². The molecule has 1 N–H and O–H groups in total. The van der Waals surface area contributed by atoms with Gasteiger partial charge in [-0.05, 0) is 32.0 Å². The van der Waals surface area contributed by atoms with E-state index in [1.54, 1.807) is 20.1 Å². The van der Waals surface area contributed by atoms with E-state index in [1.807, 2.05) is 19.1 Å². The molecule has 2 aromatic rings. The number of aromatic nitrogens is 2. The Hall–Kier alpha value is -2.26. The van der Waals surface area contributed by atoms with Crippen molar-refractivity contribution in [2.24, 2.45) is 0 Å². The van der Waals surface area contributed by atoms with Gasteiger partial charge >= 0.3 is 0 Å². The van der Waals surface area contributed by atoms with Gasteiger partial charge in [0.1, 0.15) is 17.6 Å². The Morgan fingerprint density at radius 3 is 2.81 bits per heavy atom. The van der Waals surface area contributed by atoms with Gasteiger partial charge in [-0.2, -0.15) is 5.26 Å². The summed E-state index contributed by atoms with van der Waals surface area (Å²) in [6.45, 7) is 3.72. The Bertz CT molecular complexity index is 749. The van der Waals surface area contributed by atoms with Gasteiger partial charge in [0.2, 0.25) is 0 Å². The second-order valence-electron chi connectivity index (χ2n) is 4.51. The third-order valence-electron chi connectivity index (χ3n) is 2.88. The summed E-state index contributed by atoms with van der Waals surface area (Å²) in [4.78, 5) is 19.4.